The summed E-state index contributed by atoms with van der Waals surface area (Å²) in [5.74, 6) is -0.746. The number of likely N-dealkylation sites (N-methyl/N-ethyl adjacent to an activating group) is 1. The van der Waals surface area contributed by atoms with E-state index in [0.29, 0.717) is 25.0 Å². The largest absolute Gasteiger partial charge is 0.465 e. The minimum Gasteiger partial charge on any atom is -0.465 e. The van der Waals surface area contributed by atoms with Gasteiger partial charge in [-0.25, -0.2) is 4.79 Å². The number of benzene rings is 1. The highest BCUT2D eigenvalue weighted by Crippen LogP contribution is 2.39. The van der Waals surface area contributed by atoms with Crippen LogP contribution in [0, 0.1) is 5.92 Å². The summed E-state index contributed by atoms with van der Waals surface area (Å²) in [7, 11) is 2.88. The Morgan fingerprint density at radius 2 is 1.96 bits per heavy atom. The van der Waals surface area contributed by atoms with Crippen molar-refractivity contribution >= 4 is 11.9 Å². The van der Waals surface area contributed by atoms with Crippen molar-refractivity contribution in [3.05, 3.63) is 47.2 Å². The molecule has 0 unspecified atom stereocenters. The number of methoxy groups -OCH3 is 1. The van der Waals surface area contributed by atoms with Crippen molar-refractivity contribution in [2.75, 3.05) is 27.4 Å². The number of aliphatic hydroxyl groups is 1. The number of hydrogen-bond donors (Lipinski definition) is 2. The number of aliphatic hydroxyl groups excluding tert-OH is 1. The van der Waals surface area contributed by atoms with Crippen LogP contribution in [-0.2, 0) is 19.0 Å². The number of ether oxygens (including phenoxy) is 3. The Labute approximate surface area is 159 Å². The third-order valence-electron chi connectivity index (χ3n) is 4.58. The normalized spacial score (nSPS) is 21.8. The van der Waals surface area contributed by atoms with Gasteiger partial charge in [0.25, 0.3) is 5.91 Å². The van der Waals surface area contributed by atoms with Crippen LogP contribution >= 0.6 is 0 Å². The molecule has 1 aromatic carbocycles. The van der Waals surface area contributed by atoms with Crippen molar-refractivity contribution in [1.29, 1.82) is 0 Å². The van der Waals surface area contributed by atoms with Crippen LogP contribution in [0.4, 0.5) is 0 Å². The first-order chi connectivity index (χ1) is 13.0. The molecule has 0 spiro atoms. The molecule has 0 aliphatic carbocycles. The lowest BCUT2D eigenvalue weighted by Crippen LogP contribution is -2.38. The third-order valence-corrected chi connectivity index (χ3v) is 4.58. The van der Waals surface area contributed by atoms with E-state index in [1.54, 1.807) is 25.3 Å². The second-order valence-corrected chi connectivity index (χ2v) is 6.22. The molecule has 1 heterocycles. The maximum atomic E-state index is 12.1. The zero-order valence-electron chi connectivity index (χ0n) is 15.9. The molecule has 7 heteroatoms. The van der Waals surface area contributed by atoms with E-state index in [4.69, 9.17) is 14.2 Å². The SMILES string of the molecule is CCO[C@H]1OC(C(=O)NC)=C[C@@H](c2ccc(C(=O)OC)cc2)[C@H]1CCCO. The molecule has 0 saturated carbocycles. The average molecular weight is 377 g/mol. The number of allylic oxidation sites excluding steroid dienone is 1. The Bertz CT molecular complexity index is 670. The molecular weight excluding hydrogens is 350 g/mol. The summed E-state index contributed by atoms with van der Waals surface area (Å²) in [5.41, 5.74) is 1.39. The molecule has 1 aliphatic rings. The van der Waals surface area contributed by atoms with Crippen LogP contribution in [-0.4, -0.2) is 50.6 Å². The molecule has 2 rings (SSSR count). The van der Waals surface area contributed by atoms with E-state index in [2.05, 4.69) is 5.32 Å². The van der Waals surface area contributed by atoms with Gasteiger partial charge >= 0.3 is 5.97 Å². The van der Waals surface area contributed by atoms with Gasteiger partial charge in [0.15, 0.2) is 5.76 Å². The second-order valence-electron chi connectivity index (χ2n) is 6.22. The van der Waals surface area contributed by atoms with E-state index in [0.717, 1.165) is 5.56 Å². The number of carbonyl (C=O) groups is 2. The standard InChI is InChI=1S/C20H27NO6/c1-4-26-20-15(6-5-11-22)16(12-17(27-20)18(23)21-2)13-7-9-14(10-8-13)19(24)25-3/h7-10,12,15-16,20,22H,4-6,11H2,1-3H3,(H,21,23)/t15-,16+,20+/m1/s1. The molecule has 1 aromatic rings. The van der Waals surface area contributed by atoms with E-state index >= 15 is 0 Å². The Balaban J connectivity index is 2.40. The van der Waals surface area contributed by atoms with Crippen molar-refractivity contribution in [2.45, 2.75) is 32.0 Å². The van der Waals surface area contributed by atoms with Crippen molar-refractivity contribution in [3.8, 4) is 0 Å². The summed E-state index contributed by atoms with van der Waals surface area (Å²) in [4.78, 5) is 23.8. The summed E-state index contributed by atoms with van der Waals surface area (Å²) in [6, 6.07) is 7.08. The van der Waals surface area contributed by atoms with E-state index in [1.165, 1.54) is 7.11 Å². The number of esters is 1. The lowest BCUT2D eigenvalue weighted by Gasteiger charge is -2.37. The van der Waals surface area contributed by atoms with Gasteiger partial charge in [-0.15, -0.1) is 0 Å². The summed E-state index contributed by atoms with van der Waals surface area (Å²) in [6.07, 6.45) is 2.45. The second kappa shape index (κ2) is 10.1. The van der Waals surface area contributed by atoms with Gasteiger partial charge in [0.1, 0.15) is 0 Å². The first-order valence-corrected chi connectivity index (χ1v) is 9.07. The van der Waals surface area contributed by atoms with Gasteiger partial charge in [0.2, 0.25) is 6.29 Å². The van der Waals surface area contributed by atoms with E-state index in [1.807, 2.05) is 19.1 Å². The Hall–Kier alpha value is -2.38. The Morgan fingerprint density at radius 3 is 2.52 bits per heavy atom. The molecule has 0 fully saturated rings. The first-order valence-electron chi connectivity index (χ1n) is 9.07. The highest BCUT2D eigenvalue weighted by atomic mass is 16.7. The molecule has 1 aliphatic heterocycles. The van der Waals surface area contributed by atoms with Crippen molar-refractivity contribution in [3.63, 3.8) is 0 Å². The molecule has 0 radical (unpaired) electrons. The maximum absolute atomic E-state index is 12.1. The minimum absolute atomic E-state index is 0.0648. The van der Waals surface area contributed by atoms with Crippen LogP contribution < -0.4 is 5.32 Å². The molecule has 7 nitrogen and oxygen atoms in total. The van der Waals surface area contributed by atoms with Crippen LogP contribution in [0.5, 0.6) is 0 Å². The van der Waals surface area contributed by atoms with E-state index < -0.39 is 12.3 Å². The van der Waals surface area contributed by atoms with Gasteiger partial charge < -0.3 is 24.6 Å². The van der Waals surface area contributed by atoms with Crippen LogP contribution in [0.15, 0.2) is 36.1 Å². The monoisotopic (exact) mass is 377 g/mol. The molecule has 27 heavy (non-hydrogen) atoms. The fourth-order valence-corrected chi connectivity index (χ4v) is 3.23. The molecule has 2 N–H and O–H groups in total. The lowest BCUT2D eigenvalue weighted by molar-refractivity contribution is -0.166. The summed E-state index contributed by atoms with van der Waals surface area (Å²) in [5, 5.41) is 11.8. The van der Waals surface area contributed by atoms with Gasteiger partial charge in [0, 0.05) is 32.1 Å². The van der Waals surface area contributed by atoms with Gasteiger partial charge in [-0.1, -0.05) is 12.1 Å². The molecule has 1 amide bonds. The number of hydrogen-bond acceptors (Lipinski definition) is 6. The number of carbonyl (C=O) groups excluding carboxylic acids is 2. The smallest absolute Gasteiger partial charge is 0.337 e. The van der Waals surface area contributed by atoms with Gasteiger partial charge in [0.05, 0.1) is 12.7 Å². The molecule has 0 saturated heterocycles. The Morgan fingerprint density at radius 1 is 1.26 bits per heavy atom. The fraction of sp³-hybridized carbons (Fsp3) is 0.500. The molecule has 0 bridgehead atoms. The van der Waals surface area contributed by atoms with Crippen molar-refractivity contribution in [2.24, 2.45) is 5.92 Å². The maximum Gasteiger partial charge on any atom is 0.337 e. The van der Waals surface area contributed by atoms with Crippen LogP contribution in [0.3, 0.4) is 0 Å². The zero-order valence-corrected chi connectivity index (χ0v) is 15.9. The van der Waals surface area contributed by atoms with Crippen molar-refractivity contribution < 1.29 is 28.9 Å². The van der Waals surface area contributed by atoms with E-state index in [-0.39, 0.29) is 30.1 Å². The quantitative estimate of drug-likeness (QED) is 0.673. The summed E-state index contributed by atoms with van der Waals surface area (Å²) < 4.78 is 16.3. The van der Waals surface area contributed by atoms with Gasteiger partial charge in [-0.2, -0.15) is 0 Å². The highest BCUT2D eigenvalue weighted by molar-refractivity contribution is 5.91. The topological polar surface area (TPSA) is 94.1 Å². The average Bonchev–Trinajstić information content (AvgIpc) is 2.71. The zero-order chi connectivity index (χ0) is 19.8. The number of rotatable bonds is 8. The molecule has 3 atom stereocenters. The highest BCUT2D eigenvalue weighted by Gasteiger charge is 2.37. The number of amides is 1. The fourth-order valence-electron chi connectivity index (χ4n) is 3.23. The molecular formula is C20H27NO6. The van der Waals surface area contributed by atoms with E-state index in [9.17, 15) is 14.7 Å². The van der Waals surface area contributed by atoms with Crippen LogP contribution in [0.1, 0.15) is 41.6 Å². The van der Waals surface area contributed by atoms with Gasteiger partial charge in [-0.3, -0.25) is 4.79 Å². The minimum atomic E-state index is -0.593. The summed E-state index contributed by atoms with van der Waals surface area (Å²) in [6.45, 7) is 2.37. The van der Waals surface area contributed by atoms with Crippen LogP contribution in [0.2, 0.25) is 0 Å². The van der Waals surface area contributed by atoms with Gasteiger partial charge in [-0.05, 0) is 43.5 Å². The van der Waals surface area contributed by atoms with Crippen molar-refractivity contribution in [1.82, 2.24) is 5.32 Å². The van der Waals surface area contributed by atoms with Crippen LogP contribution in [0.25, 0.3) is 0 Å². The summed E-state index contributed by atoms with van der Waals surface area (Å²) >= 11 is 0. The lowest BCUT2D eigenvalue weighted by atomic mass is 9.80. The predicted octanol–water partition coefficient (Wildman–Crippen LogP) is 1.97. The molecule has 148 valence electrons. The Kier molecular flexibility index (Phi) is 7.82. The molecule has 0 aromatic heterocycles. The number of nitrogens with one attached hydrogen (secondary N) is 1. The third kappa shape index (κ3) is 5.08. The first kappa shape index (κ1) is 20.9. The predicted molar refractivity (Wildman–Crippen MR) is 99.0 cm³/mol.